The Labute approximate surface area is 129 Å². The van der Waals surface area contributed by atoms with E-state index in [-0.39, 0.29) is 0 Å². The van der Waals surface area contributed by atoms with Crippen LogP contribution in [0.15, 0.2) is 10.7 Å². The Morgan fingerprint density at radius 1 is 1.35 bits per heavy atom. The third-order valence-electron chi connectivity index (χ3n) is 3.87. The van der Waals surface area contributed by atoms with Gasteiger partial charge in [-0.2, -0.15) is 4.98 Å². The van der Waals surface area contributed by atoms with Gasteiger partial charge in [0.1, 0.15) is 6.10 Å². The standard InChI is InChI=1S/C15H24BrN3O/c1-3-9-17-15-18-10-12(16)14(19-15)20-13-8-6-5-7-11(13)4-2/h10-11,13H,3-9H2,1-2H3,(H,17,18,19). The number of halogens is 1. The van der Waals surface area contributed by atoms with Crippen LogP contribution < -0.4 is 10.1 Å². The number of aromatic nitrogens is 2. The van der Waals surface area contributed by atoms with Crippen LogP contribution in [-0.4, -0.2) is 22.6 Å². The molecule has 0 amide bonds. The van der Waals surface area contributed by atoms with Crippen LogP contribution in [0.5, 0.6) is 5.88 Å². The van der Waals surface area contributed by atoms with Crippen LogP contribution >= 0.6 is 15.9 Å². The highest BCUT2D eigenvalue weighted by Crippen LogP contribution is 2.32. The molecule has 2 rings (SSSR count). The van der Waals surface area contributed by atoms with E-state index >= 15 is 0 Å². The molecule has 0 spiro atoms. The molecule has 1 fully saturated rings. The van der Waals surface area contributed by atoms with Crippen LogP contribution in [0.2, 0.25) is 0 Å². The molecule has 20 heavy (non-hydrogen) atoms. The minimum Gasteiger partial charge on any atom is -0.473 e. The summed E-state index contributed by atoms with van der Waals surface area (Å²) in [6.45, 7) is 5.24. The van der Waals surface area contributed by atoms with Crippen LogP contribution in [0.4, 0.5) is 5.95 Å². The second-order valence-electron chi connectivity index (χ2n) is 5.38. The highest BCUT2D eigenvalue weighted by molar-refractivity contribution is 9.10. The van der Waals surface area contributed by atoms with E-state index in [1.54, 1.807) is 6.20 Å². The van der Waals surface area contributed by atoms with Gasteiger partial charge in [0.2, 0.25) is 11.8 Å². The molecule has 1 N–H and O–H groups in total. The molecule has 1 heterocycles. The van der Waals surface area contributed by atoms with Crippen molar-refractivity contribution in [1.82, 2.24) is 9.97 Å². The summed E-state index contributed by atoms with van der Waals surface area (Å²) in [5.74, 6) is 1.97. The van der Waals surface area contributed by atoms with Gasteiger partial charge in [-0.3, -0.25) is 0 Å². The first-order valence-corrected chi connectivity index (χ1v) is 8.47. The molecule has 1 aliphatic rings. The quantitative estimate of drug-likeness (QED) is 0.832. The molecule has 2 unspecified atom stereocenters. The minimum atomic E-state index is 0.291. The first-order valence-electron chi connectivity index (χ1n) is 7.67. The van der Waals surface area contributed by atoms with Crippen molar-refractivity contribution in [2.75, 3.05) is 11.9 Å². The molecule has 0 radical (unpaired) electrons. The van der Waals surface area contributed by atoms with Crippen molar-refractivity contribution in [3.8, 4) is 5.88 Å². The Balaban J connectivity index is 2.06. The van der Waals surface area contributed by atoms with Crippen molar-refractivity contribution < 1.29 is 4.74 Å². The summed E-state index contributed by atoms with van der Waals surface area (Å²) in [4.78, 5) is 8.74. The summed E-state index contributed by atoms with van der Waals surface area (Å²) in [5, 5.41) is 3.20. The van der Waals surface area contributed by atoms with Gasteiger partial charge in [0, 0.05) is 6.54 Å². The summed E-state index contributed by atoms with van der Waals surface area (Å²) >= 11 is 3.49. The molecule has 1 aromatic rings. The number of hydrogen-bond acceptors (Lipinski definition) is 4. The lowest BCUT2D eigenvalue weighted by molar-refractivity contribution is 0.0850. The van der Waals surface area contributed by atoms with Gasteiger partial charge in [-0.05, 0) is 54.0 Å². The molecule has 1 aromatic heterocycles. The highest BCUT2D eigenvalue weighted by Gasteiger charge is 2.26. The second kappa shape index (κ2) is 7.81. The van der Waals surface area contributed by atoms with Gasteiger partial charge in [0.15, 0.2) is 0 Å². The molecule has 5 heteroatoms. The fourth-order valence-corrected chi connectivity index (χ4v) is 2.98. The molecule has 0 aliphatic heterocycles. The number of hydrogen-bond donors (Lipinski definition) is 1. The molecule has 2 atom stereocenters. The largest absolute Gasteiger partial charge is 0.473 e. The van der Waals surface area contributed by atoms with Crippen molar-refractivity contribution in [1.29, 1.82) is 0 Å². The zero-order valence-corrected chi connectivity index (χ0v) is 13.9. The summed E-state index contributed by atoms with van der Waals surface area (Å²) in [5.41, 5.74) is 0. The van der Waals surface area contributed by atoms with Gasteiger partial charge >= 0.3 is 0 Å². The number of ether oxygens (including phenoxy) is 1. The van der Waals surface area contributed by atoms with Gasteiger partial charge < -0.3 is 10.1 Å². The highest BCUT2D eigenvalue weighted by atomic mass is 79.9. The fourth-order valence-electron chi connectivity index (χ4n) is 2.70. The molecule has 1 saturated carbocycles. The average molecular weight is 342 g/mol. The Kier molecular flexibility index (Phi) is 6.07. The molecule has 4 nitrogen and oxygen atoms in total. The summed E-state index contributed by atoms with van der Waals surface area (Å²) < 4.78 is 7.01. The third-order valence-corrected chi connectivity index (χ3v) is 4.42. The molecule has 0 saturated heterocycles. The SMILES string of the molecule is CCCNc1ncc(Br)c(OC2CCCCC2CC)n1. The minimum absolute atomic E-state index is 0.291. The molecule has 0 bridgehead atoms. The summed E-state index contributed by atoms with van der Waals surface area (Å²) in [6.07, 6.45) is 9.27. The maximum absolute atomic E-state index is 6.17. The first-order chi connectivity index (χ1) is 9.74. The van der Waals surface area contributed by atoms with E-state index in [4.69, 9.17) is 4.74 Å². The number of nitrogens with zero attached hydrogens (tertiary/aromatic N) is 2. The molecule has 0 aromatic carbocycles. The van der Waals surface area contributed by atoms with E-state index in [2.05, 4.69) is 45.1 Å². The van der Waals surface area contributed by atoms with Crippen molar-refractivity contribution in [3.63, 3.8) is 0 Å². The Morgan fingerprint density at radius 3 is 2.90 bits per heavy atom. The average Bonchev–Trinajstić information content (AvgIpc) is 2.48. The lowest BCUT2D eigenvalue weighted by Gasteiger charge is -2.31. The number of nitrogens with one attached hydrogen (secondary N) is 1. The Hall–Kier alpha value is -0.840. The van der Waals surface area contributed by atoms with Crippen LogP contribution in [0, 0.1) is 5.92 Å². The van der Waals surface area contributed by atoms with Crippen molar-refractivity contribution in [3.05, 3.63) is 10.7 Å². The zero-order chi connectivity index (χ0) is 14.4. The summed E-state index contributed by atoms with van der Waals surface area (Å²) in [7, 11) is 0. The topological polar surface area (TPSA) is 47.0 Å². The predicted octanol–water partition coefficient (Wildman–Crippen LogP) is 4.41. The smallest absolute Gasteiger partial charge is 0.233 e. The second-order valence-corrected chi connectivity index (χ2v) is 6.24. The van der Waals surface area contributed by atoms with E-state index in [9.17, 15) is 0 Å². The Bertz CT molecular complexity index is 428. The van der Waals surface area contributed by atoms with Gasteiger partial charge in [-0.25, -0.2) is 4.98 Å². The van der Waals surface area contributed by atoms with Crippen molar-refractivity contribution in [2.45, 2.75) is 58.5 Å². The van der Waals surface area contributed by atoms with Crippen LogP contribution in [0.25, 0.3) is 0 Å². The first kappa shape index (κ1) is 15.5. The Morgan fingerprint density at radius 2 is 2.15 bits per heavy atom. The lowest BCUT2D eigenvalue weighted by Crippen LogP contribution is -2.30. The predicted molar refractivity (Wildman–Crippen MR) is 85.2 cm³/mol. The van der Waals surface area contributed by atoms with Crippen LogP contribution in [0.1, 0.15) is 52.4 Å². The van der Waals surface area contributed by atoms with E-state index in [0.29, 0.717) is 23.9 Å². The van der Waals surface area contributed by atoms with Crippen molar-refractivity contribution >= 4 is 21.9 Å². The van der Waals surface area contributed by atoms with Crippen LogP contribution in [0.3, 0.4) is 0 Å². The third kappa shape index (κ3) is 4.08. The van der Waals surface area contributed by atoms with E-state index in [0.717, 1.165) is 23.9 Å². The van der Waals surface area contributed by atoms with Gasteiger partial charge in [-0.15, -0.1) is 0 Å². The number of rotatable bonds is 6. The zero-order valence-electron chi connectivity index (χ0n) is 12.4. The molecular weight excluding hydrogens is 318 g/mol. The van der Waals surface area contributed by atoms with E-state index in [1.165, 1.54) is 25.7 Å². The number of anilines is 1. The van der Waals surface area contributed by atoms with E-state index < -0.39 is 0 Å². The van der Waals surface area contributed by atoms with Gasteiger partial charge in [0.05, 0.1) is 10.7 Å². The molecule has 112 valence electrons. The summed E-state index contributed by atoms with van der Waals surface area (Å²) in [6, 6.07) is 0. The molecule has 1 aliphatic carbocycles. The normalized spacial score (nSPS) is 22.6. The maximum Gasteiger partial charge on any atom is 0.233 e. The van der Waals surface area contributed by atoms with Crippen LogP contribution in [-0.2, 0) is 0 Å². The van der Waals surface area contributed by atoms with Crippen molar-refractivity contribution in [2.24, 2.45) is 5.92 Å². The van der Waals surface area contributed by atoms with E-state index in [1.807, 2.05) is 0 Å². The maximum atomic E-state index is 6.17. The fraction of sp³-hybridized carbons (Fsp3) is 0.733. The lowest BCUT2D eigenvalue weighted by atomic mass is 9.85. The monoisotopic (exact) mass is 341 g/mol. The van der Waals surface area contributed by atoms with Gasteiger partial charge in [-0.1, -0.05) is 20.3 Å². The van der Waals surface area contributed by atoms with Gasteiger partial charge in [0.25, 0.3) is 0 Å². The molecular formula is C15H24BrN3O.